The first-order valence-electron chi connectivity index (χ1n) is 5.49. The van der Waals surface area contributed by atoms with E-state index in [-0.39, 0.29) is 5.82 Å². The predicted octanol–water partition coefficient (Wildman–Crippen LogP) is 1.97. The first-order chi connectivity index (χ1) is 7.79. The maximum Gasteiger partial charge on any atom is 0.164 e. The summed E-state index contributed by atoms with van der Waals surface area (Å²) in [4.78, 5) is 0. The molecule has 0 amide bonds. The highest BCUT2D eigenvalue weighted by molar-refractivity contribution is 5.39. The summed E-state index contributed by atoms with van der Waals surface area (Å²) in [7, 11) is 1.55. The average Bonchev–Trinajstić information content (AvgIpc) is 2.79. The Morgan fingerprint density at radius 2 is 2.31 bits per heavy atom. The Morgan fingerprint density at radius 1 is 1.44 bits per heavy atom. The molecule has 1 aromatic rings. The molecule has 1 heterocycles. The van der Waals surface area contributed by atoms with Crippen LogP contribution >= 0.6 is 0 Å². The molecule has 16 heavy (non-hydrogen) atoms. The molecule has 0 unspecified atom stereocenters. The van der Waals surface area contributed by atoms with Crippen molar-refractivity contribution in [1.29, 1.82) is 0 Å². The summed E-state index contributed by atoms with van der Waals surface area (Å²) in [6.07, 6.45) is 2.28. The normalized spacial score (nSPS) is 19.8. The summed E-state index contributed by atoms with van der Waals surface area (Å²) in [6.45, 7) is 1.59. The predicted molar refractivity (Wildman–Crippen MR) is 59.5 cm³/mol. The molecule has 1 atom stereocenters. The standard InChI is InChI=1S/C12H16FNO2/c1-15-11-5-4-9(13)7-12(11)16-8-10-3-2-6-14-10/h4-5,7,10,14H,2-3,6,8H2,1H3/t10-/m1/s1. The Labute approximate surface area is 94.6 Å². The third kappa shape index (κ3) is 2.64. The van der Waals surface area contributed by atoms with Crippen molar-refractivity contribution in [2.24, 2.45) is 0 Å². The number of nitrogens with one attached hydrogen (secondary N) is 1. The van der Waals surface area contributed by atoms with Gasteiger partial charge in [0, 0.05) is 12.1 Å². The molecule has 3 nitrogen and oxygen atoms in total. The molecule has 88 valence electrons. The molecule has 0 aromatic heterocycles. The van der Waals surface area contributed by atoms with E-state index in [0.717, 1.165) is 13.0 Å². The van der Waals surface area contributed by atoms with Crippen LogP contribution in [-0.4, -0.2) is 26.3 Å². The van der Waals surface area contributed by atoms with Crippen LogP contribution in [0.25, 0.3) is 0 Å². The molecule has 4 heteroatoms. The summed E-state index contributed by atoms with van der Waals surface area (Å²) < 4.78 is 23.7. The van der Waals surface area contributed by atoms with E-state index in [1.807, 2.05) is 0 Å². The zero-order valence-corrected chi connectivity index (χ0v) is 9.33. The van der Waals surface area contributed by atoms with Crippen LogP contribution in [-0.2, 0) is 0 Å². The van der Waals surface area contributed by atoms with Gasteiger partial charge < -0.3 is 14.8 Å². The molecule has 1 fully saturated rings. The summed E-state index contributed by atoms with van der Waals surface area (Å²) >= 11 is 0. The zero-order chi connectivity index (χ0) is 11.4. The molecule has 1 N–H and O–H groups in total. The molecular formula is C12H16FNO2. The minimum Gasteiger partial charge on any atom is -0.493 e. The van der Waals surface area contributed by atoms with E-state index in [4.69, 9.17) is 9.47 Å². The molecular weight excluding hydrogens is 209 g/mol. The lowest BCUT2D eigenvalue weighted by molar-refractivity contribution is 0.261. The number of ether oxygens (including phenoxy) is 2. The van der Waals surface area contributed by atoms with Gasteiger partial charge in [0.1, 0.15) is 12.4 Å². The molecule has 0 spiro atoms. The van der Waals surface area contributed by atoms with Crippen molar-refractivity contribution in [2.75, 3.05) is 20.3 Å². The van der Waals surface area contributed by atoms with Crippen LogP contribution in [0.1, 0.15) is 12.8 Å². The van der Waals surface area contributed by atoms with Crippen molar-refractivity contribution in [3.8, 4) is 11.5 Å². The first-order valence-corrected chi connectivity index (χ1v) is 5.49. The van der Waals surface area contributed by atoms with Crippen molar-refractivity contribution in [2.45, 2.75) is 18.9 Å². The number of methoxy groups -OCH3 is 1. The van der Waals surface area contributed by atoms with Crippen LogP contribution < -0.4 is 14.8 Å². The monoisotopic (exact) mass is 225 g/mol. The third-order valence-corrected chi connectivity index (χ3v) is 2.73. The number of hydrogen-bond acceptors (Lipinski definition) is 3. The smallest absolute Gasteiger partial charge is 0.164 e. The van der Waals surface area contributed by atoms with Crippen LogP contribution in [0.4, 0.5) is 4.39 Å². The van der Waals surface area contributed by atoms with E-state index < -0.39 is 0 Å². The molecule has 0 aliphatic carbocycles. The summed E-state index contributed by atoms with van der Waals surface area (Å²) in [5.74, 6) is 0.728. The number of benzene rings is 1. The minimum atomic E-state index is -0.310. The molecule has 1 aromatic carbocycles. The molecule has 2 rings (SSSR count). The lowest BCUT2D eigenvalue weighted by Crippen LogP contribution is -2.28. The minimum absolute atomic E-state index is 0.310. The SMILES string of the molecule is COc1ccc(F)cc1OC[C@H]1CCCN1. The second-order valence-corrected chi connectivity index (χ2v) is 3.90. The molecule has 1 aliphatic rings. The lowest BCUT2D eigenvalue weighted by atomic mass is 10.2. The van der Waals surface area contributed by atoms with Crippen LogP contribution in [0.15, 0.2) is 18.2 Å². The third-order valence-electron chi connectivity index (χ3n) is 2.73. The summed E-state index contributed by atoms with van der Waals surface area (Å²) in [6, 6.07) is 4.66. The van der Waals surface area contributed by atoms with E-state index in [9.17, 15) is 4.39 Å². The van der Waals surface area contributed by atoms with Gasteiger partial charge in [0.25, 0.3) is 0 Å². The van der Waals surface area contributed by atoms with Crippen molar-refractivity contribution in [1.82, 2.24) is 5.32 Å². The highest BCUT2D eigenvalue weighted by atomic mass is 19.1. The van der Waals surface area contributed by atoms with Gasteiger partial charge in [-0.2, -0.15) is 0 Å². The van der Waals surface area contributed by atoms with Gasteiger partial charge in [-0.15, -0.1) is 0 Å². The van der Waals surface area contributed by atoms with Gasteiger partial charge in [-0.25, -0.2) is 4.39 Å². The molecule has 1 saturated heterocycles. The van der Waals surface area contributed by atoms with Crippen molar-refractivity contribution >= 4 is 0 Å². The number of rotatable bonds is 4. The topological polar surface area (TPSA) is 30.5 Å². The fourth-order valence-corrected chi connectivity index (χ4v) is 1.85. The average molecular weight is 225 g/mol. The number of halogens is 1. The van der Waals surface area contributed by atoms with Gasteiger partial charge >= 0.3 is 0 Å². The van der Waals surface area contributed by atoms with E-state index in [1.165, 1.54) is 18.6 Å². The highest BCUT2D eigenvalue weighted by Gasteiger charge is 2.15. The van der Waals surface area contributed by atoms with Crippen molar-refractivity contribution < 1.29 is 13.9 Å². The highest BCUT2D eigenvalue weighted by Crippen LogP contribution is 2.27. The van der Waals surface area contributed by atoms with Crippen LogP contribution in [0, 0.1) is 5.82 Å². The Hall–Kier alpha value is -1.29. The van der Waals surface area contributed by atoms with Gasteiger partial charge in [-0.3, -0.25) is 0 Å². The molecule has 1 aliphatic heterocycles. The van der Waals surface area contributed by atoms with E-state index in [2.05, 4.69) is 5.32 Å². The van der Waals surface area contributed by atoms with Gasteiger partial charge in [0.2, 0.25) is 0 Å². The maximum atomic E-state index is 13.0. The Bertz CT molecular complexity index is 351. The molecule has 0 bridgehead atoms. The van der Waals surface area contributed by atoms with Gasteiger partial charge in [0.15, 0.2) is 11.5 Å². The fraction of sp³-hybridized carbons (Fsp3) is 0.500. The fourth-order valence-electron chi connectivity index (χ4n) is 1.85. The van der Waals surface area contributed by atoms with E-state index in [1.54, 1.807) is 13.2 Å². The van der Waals surface area contributed by atoms with Gasteiger partial charge in [-0.1, -0.05) is 0 Å². The van der Waals surface area contributed by atoms with Crippen molar-refractivity contribution in [3.63, 3.8) is 0 Å². The second kappa shape index (κ2) is 5.16. The van der Waals surface area contributed by atoms with Crippen molar-refractivity contribution in [3.05, 3.63) is 24.0 Å². The Kier molecular flexibility index (Phi) is 3.62. The first kappa shape index (κ1) is 11.2. The lowest BCUT2D eigenvalue weighted by Gasteiger charge is -2.14. The van der Waals surface area contributed by atoms with Crippen LogP contribution in [0.3, 0.4) is 0 Å². The summed E-state index contributed by atoms with van der Waals surface area (Å²) in [5, 5.41) is 3.32. The quantitative estimate of drug-likeness (QED) is 0.849. The zero-order valence-electron chi connectivity index (χ0n) is 9.33. The Balaban J connectivity index is 1.98. The molecule has 0 saturated carbocycles. The number of hydrogen-bond donors (Lipinski definition) is 1. The maximum absolute atomic E-state index is 13.0. The Morgan fingerprint density at radius 3 is 3.00 bits per heavy atom. The van der Waals surface area contributed by atoms with E-state index >= 15 is 0 Å². The largest absolute Gasteiger partial charge is 0.493 e. The van der Waals surface area contributed by atoms with Crippen LogP contribution in [0.2, 0.25) is 0 Å². The van der Waals surface area contributed by atoms with E-state index in [0.29, 0.717) is 24.1 Å². The van der Waals surface area contributed by atoms with Gasteiger partial charge in [-0.05, 0) is 31.5 Å². The van der Waals surface area contributed by atoms with Crippen LogP contribution in [0.5, 0.6) is 11.5 Å². The molecule has 0 radical (unpaired) electrons. The second-order valence-electron chi connectivity index (χ2n) is 3.90. The summed E-state index contributed by atoms with van der Waals surface area (Å²) in [5.41, 5.74) is 0. The van der Waals surface area contributed by atoms with Gasteiger partial charge in [0.05, 0.1) is 7.11 Å².